The van der Waals surface area contributed by atoms with E-state index in [2.05, 4.69) is 16.1 Å². The van der Waals surface area contributed by atoms with Crippen LogP contribution in [0.4, 0.5) is 0 Å². The minimum Gasteiger partial charge on any atom is -0.411 e. The molecule has 1 heterocycles. The molecule has 0 aromatic heterocycles. The molecule has 19 heavy (non-hydrogen) atoms. The molecule has 0 bridgehead atoms. The minimum atomic E-state index is -0.431. The van der Waals surface area contributed by atoms with Crippen LogP contribution in [0.3, 0.4) is 0 Å². The molecule has 0 amide bonds. The van der Waals surface area contributed by atoms with Crippen LogP contribution in [-0.4, -0.2) is 46.2 Å². The van der Waals surface area contributed by atoms with Crippen LogP contribution in [0, 0.1) is 5.41 Å². The van der Waals surface area contributed by atoms with Crippen molar-refractivity contribution in [3.63, 3.8) is 0 Å². The van der Waals surface area contributed by atoms with E-state index in [1.54, 1.807) is 0 Å². The Morgan fingerprint density at radius 3 is 2.47 bits per heavy atom. The van der Waals surface area contributed by atoms with Crippen molar-refractivity contribution >= 4 is 5.71 Å². The summed E-state index contributed by atoms with van der Waals surface area (Å²) in [4.78, 5) is 2.37. The third kappa shape index (κ3) is 3.00. The molecule has 1 fully saturated rings. The standard InChI is InChI=1S/C15H26N2O2/c1-11-9-13(17-7-5-4-6-8-17)14(18)15(2,3)10-12(11)16-19/h9,13-14,18-19H,4-8,10H2,1-3H3. The Labute approximate surface area is 115 Å². The summed E-state index contributed by atoms with van der Waals surface area (Å²) in [7, 11) is 0. The van der Waals surface area contributed by atoms with E-state index in [9.17, 15) is 5.11 Å². The van der Waals surface area contributed by atoms with Gasteiger partial charge in [0.15, 0.2) is 0 Å². The molecular weight excluding hydrogens is 240 g/mol. The van der Waals surface area contributed by atoms with Gasteiger partial charge in [-0.15, -0.1) is 0 Å². The quantitative estimate of drug-likeness (QED) is 0.566. The van der Waals surface area contributed by atoms with Gasteiger partial charge in [0.1, 0.15) is 0 Å². The van der Waals surface area contributed by atoms with E-state index in [4.69, 9.17) is 5.21 Å². The average molecular weight is 266 g/mol. The molecular formula is C15H26N2O2. The molecule has 0 radical (unpaired) electrons. The van der Waals surface area contributed by atoms with E-state index in [1.165, 1.54) is 19.3 Å². The predicted octanol–water partition coefficient (Wildman–Crippen LogP) is 2.41. The van der Waals surface area contributed by atoms with Gasteiger partial charge in [-0.2, -0.15) is 0 Å². The maximum atomic E-state index is 10.7. The highest BCUT2D eigenvalue weighted by atomic mass is 16.4. The number of oxime groups is 1. The topological polar surface area (TPSA) is 56.1 Å². The first kappa shape index (κ1) is 14.5. The zero-order chi connectivity index (χ0) is 14.0. The fourth-order valence-corrected chi connectivity index (χ4v) is 3.22. The summed E-state index contributed by atoms with van der Waals surface area (Å²) in [5, 5.41) is 23.3. The van der Waals surface area contributed by atoms with Crippen LogP contribution < -0.4 is 0 Å². The fourth-order valence-electron chi connectivity index (χ4n) is 3.22. The van der Waals surface area contributed by atoms with E-state index in [0.29, 0.717) is 12.1 Å². The van der Waals surface area contributed by atoms with E-state index in [0.717, 1.165) is 18.7 Å². The van der Waals surface area contributed by atoms with Crippen LogP contribution in [0.15, 0.2) is 16.8 Å². The van der Waals surface area contributed by atoms with Crippen LogP contribution in [0.2, 0.25) is 0 Å². The van der Waals surface area contributed by atoms with Crippen molar-refractivity contribution < 1.29 is 10.3 Å². The van der Waals surface area contributed by atoms with E-state index >= 15 is 0 Å². The summed E-state index contributed by atoms with van der Waals surface area (Å²) in [5.41, 5.74) is 1.41. The number of nitrogens with zero attached hydrogens (tertiary/aromatic N) is 2. The Morgan fingerprint density at radius 2 is 1.89 bits per heavy atom. The molecule has 2 unspecified atom stereocenters. The molecule has 2 rings (SSSR count). The summed E-state index contributed by atoms with van der Waals surface area (Å²) >= 11 is 0. The normalized spacial score (nSPS) is 34.9. The molecule has 0 saturated carbocycles. The van der Waals surface area contributed by atoms with Crippen molar-refractivity contribution in [3.8, 4) is 0 Å². The average Bonchev–Trinajstić information content (AvgIpc) is 2.49. The number of allylic oxidation sites excluding steroid dienone is 1. The van der Waals surface area contributed by atoms with Gasteiger partial charge >= 0.3 is 0 Å². The molecule has 1 saturated heterocycles. The second kappa shape index (κ2) is 5.63. The van der Waals surface area contributed by atoms with Crippen LogP contribution in [0.1, 0.15) is 46.5 Å². The Kier molecular flexibility index (Phi) is 4.31. The van der Waals surface area contributed by atoms with Crippen molar-refractivity contribution in [2.45, 2.75) is 58.6 Å². The molecule has 1 aliphatic heterocycles. The zero-order valence-corrected chi connectivity index (χ0v) is 12.3. The summed E-state index contributed by atoms with van der Waals surface area (Å²) < 4.78 is 0. The highest BCUT2D eigenvalue weighted by molar-refractivity contribution is 6.00. The van der Waals surface area contributed by atoms with Gasteiger partial charge in [-0.3, -0.25) is 4.90 Å². The predicted molar refractivity (Wildman–Crippen MR) is 76.6 cm³/mol. The lowest BCUT2D eigenvalue weighted by molar-refractivity contribution is -0.0105. The third-order valence-corrected chi connectivity index (χ3v) is 4.56. The molecule has 2 N–H and O–H groups in total. The lowest BCUT2D eigenvalue weighted by atomic mass is 9.79. The second-order valence-corrected chi connectivity index (χ2v) is 6.59. The maximum absolute atomic E-state index is 10.7. The number of hydrogen-bond acceptors (Lipinski definition) is 4. The molecule has 0 aromatic rings. The first-order chi connectivity index (χ1) is 8.95. The smallest absolute Gasteiger partial charge is 0.0828 e. The van der Waals surface area contributed by atoms with Gasteiger partial charge in [0.2, 0.25) is 0 Å². The van der Waals surface area contributed by atoms with Gasteiger partial charge in [0.25, 0.3) is 0 Å². The van der Waals surface area contributed by atoms with Crippen molar-refractivity contribution in [1.29, 1.82) is 0 Å². The van der Waals surface area contributed by atoms with Gasteiger partial charge < -0.3 is 10.3 Å². The largest absolute Gasteiger partial charge is 0.411 e. The van der Waals surface area contributed by atoms with Crippen LogP contribution >= 0.6 is 0 Å². The van der Waals surface area contributed by atoms with Gasteiger partial charge in [0, 0.05) is 6.42 Å². The summed E-state index contributed by atoms with van der Waals surface area (Å²) in [5.74, 6) is 0. The minimum absolute atomic E-state index is 0.0366. The van der Waals surface area contributed by atoms with Crippen molar-refractivity contribution in [2.24, 2.45) is 10.6 Å². The van der Waals surface area contributed by atoms with Gasteiger partial charge in [-0.25, -0.2) is 0 Å². The fraction of sp³-hybridized carbons (Fsp3) is 0.800. The van der Waals surface area contributed by atoms with Crippen LogP contribution in [-0.2, 0) is 0 Å². The molecule has 0 aromatic carbocycles. The molecule has 4 heteroatoms. The Bertz CT molecular complexity index is 382. The second-order valence-electron chi connectivity index (χ2n) is 6.59. The van der Waals surface area contributed by atoms with Gasteiger partial charge in [0.05, 0.1) is 17.9 Å². The summed E-state index contributed by atoms with van der Waals surface area (Å²) in [6, 6.07) is 0.0366. The molecule has 0 spiro atoms. The lowest BCUT2D eigenvalue weighted by Gasteiger charge is -2.40. The maximum Gasteiger partial charge on any atom is 0.0828 e. The number of hydrogen-bond donors (Lipinski definition) is 2. The summed E-state index contributed by atoms with van der Waals surface area (Å²) in [6.45, 7) is 8.17. The highest BCUT2D eigenvalue weighted by Crippen LogP contribution is 2.35. The van der Waals surface area contributed by atoms with E-state index < -0.39 is 6.10 Å². The number of aliphatic hydroxyl groups excluding tert-OH is 1. The van der Waals surface area contributed by atoms with Gasteiger partial charge in [-0.1, -0.05) is 31.5 Å². The van der Waals surface area contributed by atoms with Gasteiger partial charge in [-0.05, 0) is 43.8 Å². The Hall–Kier alpha value is -0.870. The number of aliphatic hydroxyl groups is 1. The SMILES string of the molecule is CC1=CC(N2CCCCC2)C(O)C(C)(C)CC1=NO. The van der Waals surface area contributed by atoms with E-state index in [1.807, 2.05) is 20.8 Å². The number of piperidine rings is 1. The molecule has 108 valence electrons. The summed E-state index contributed by atoms with van der Waals surface area (Å²) in [6.07, 6.45) is 5.96. The van der Waals surface area contributed by atoms with Crippen molar-refractivity contribution in [1.82, 2.24) is 4.90 Å². The molecule has 2 aliphatic rings. The van der Waals surface area contributed by atoms with Crippen molar-refractivity contribution in [2.75, 3.05) is 13.1 Å². The zero-order valence-electron chi connectivity index (χ0n) is 12.3. The Balaban J connectivity index is 2.30. The number of rotatable bonds is 1. The van der Waals surface area contributed by atoms with E-state index in [-0.39, 0.29) is 11.5 Å². The third-order valence-electron chi connectivity index (χ3n) is 4.56. The van der Waals surface area contributed by atoms with Crippen LogP contribution in [0.5, 0.6) is 0 Å². The first-order valence-electron chi connectivity index (χ1n) is 7.27. The van der Waals surface area contributed by atoms with Crippen molar-refractivity contribution in [3.05, 3.63) is 11.6 Å². The monoisotopic (exact) mass is 266 g/mol. The Morgan fingerprint density at radius 1 is 1.26 bits per heavy atom. The number of likely N-dealkylation sites (tertiary alicyclic amines) is 1. The first-order valence-corrected chi connectivity index (χ1v) is 7.27. The van der Waals surface area contributed by atoms with Crippen LogP contribution in [0.25, 0.3) is 0 Å². The molecule has 1 aliphatic carbocycles. The molecule has 4 nitrogen and oxygen atoms in total. The lowest BCUT2D eigenvalue weighted by Crippen LogP contribution is -2.50. The molecule has 2 atom stereocenters. The highest BCUT2D eigenvalue weighted by Gasteiger charge is 2.40.